The molecular formula is C17H21N3O. The molecule has 0 amide bonds. The summed E-state index contributed by atoms with van der Waals surface area (Å²) in [6, 6.07) is 8.88. The summed E-state index contributed by atoms with van der Waals surface area (Å²) in [6.07, 6.45) is 6.82. The summed E-state index contributed by atoms with van der Waals surface area (Å²) < 4.78 is 8.35. The summed E-state index contributed by atoms with van der Waals surface area (Å²) in [5.74, 6) is 1.00. The van der Waals surface area contributed by atoms with Crippen LogP contribution in [0.15, 0.2) is 30.6 Å². The van der Waals surface area contributed by atoms with E-state index in [0.717, 1.165) is 18.6 Å². The number of fused-ring (bicyclic) bond motifs is 2. The molecule has 4 rings (SSSR count). The van der Waals surface area contributed by atoms with Crippen LogP contribution in [0.3, 0.4) is 0 Å². The quantitative estimate of drug-likeness (QED) is 0.921. The fourth-order valence-electron chi connectivity index (χ4n) is 3.71. The van der Waals surface area contributed by atoms with Crippen molar-refractivity contribution in [3.63, 3.8) is 0 Å². The normalized spacial score (nSPS) is 24.0. The third-order valence-electron chi connectivity index (χ3n) is 4.78. The van der Waals surface area contributed by atoms with Crippen molar-refractivity contribution in [3.05, 3.63) is 47.5 Å². The molecule has 0 saturated carbocycles. The fourth-order valence-corrected chi connectivity index (χ4v) is 3.71. The second kappa shape index (κ2) is 5.19. The maximum Gasteiger partial charge on any atom is 0.124 e. The maximum atomic E-state index is 5.99. The Bertz CT molecular complexity index is 649. The highest BCUT2D eigenvalue weighted by atomic mass is 16.5. The van der Waals surface area contributed by atoms with Gasteiger partial charge in [0.1, 0.15) is 12.4 Å². The molecule has 2 aliphatic rings. The zero-order valence-electron chi connectivity index (χ0n) is 12.4. The Kier molecular flexibility index (Phi) is 3.19. The van der Waals surface area contributed by atoms with Crippen LogP contribution in [-0.4, -0.2) is 23.2 Å². The van der Waals surface area contributed by atoms with E-state index in [-0.39, 0.29) is 12.1 Å². The molecule has 2 atom stereocenters. The molecule has 1 aliphatic carbocycles. The van der Waals surface area contributed by atoms with Crippen molar-refractivity contribution in [2.75, 3.05) is 13.7 Å². The topological polar surface area (TPSA) is 39.1 Å². The van der Waals surface area contributed by atoms with E-state index in [0.29, 0.717) is 6.61 Å². The van der Waals surface area contributed by atoms with E-state index in [2.05, 4.69) is 33.1 Å². The number of likely N-dealkylation sites (N-methyl/N-ethyl adjacent to an activating group) is 1. The van der Waals surface area contributed by atoms with Gasteiger partial charge in [0.2, 0.25) is 0 Å². The van der Waals surface area contributed by atoms with Gasteiger partial charge in [-0.15, -0.1) is 0 Å². The first kappa shape index (κ1) is 12.9. The van der Waals surface area contributed by atoms with Crippen molar-refractivity contribution in [3.8, 4) is 5.75 Å². The molecule has 4 nitrogen and oxygen atoms in total. The third-order valence-corrected chi connectivity index (χ3v) is 4.78. The minimum absolute atomic E-state index is 0.273. The van der Waals surface area contributed by atoms with Crippen molar-refractivity contribution in [1.29, 1.82) is 0 Å². The Balaban J connectivity index is 1.74. The summed E-state index contributed by atoms with van der Waals surface area (Å²) in [5, 5.41) is 3.48. The van der Waals surface area contributed by atoms with Crippen molar-refractivity contribution in [2.24, 2.45) is 0 Å². The van der Waals surface area contributed by atoms with E-state index in [1.807, 2.05) is 19.4 Å². The highest BCUT2D eigenvalue weighted by Gasteiger charge is 2.33. The van der Waals surface area contributed by atoms with E-state index in [1.165, 1.54) is 29.8 Å². The molecule has 0 bridgehead atoms. The summed E-state index contributed by atoms with van der Waals surface area (Å²) in [7, 11) is 2.03. The molecular weight excluding hydrogens is 262 g/mol. The predicted octanol–water partition coefficient (Wildman–Crippen LogP) is 2.66. The van der Waals surface area contributed by atoms with Gasteiger partial charge < -0.3 is 14.6 Å². The zero-order valence-corrected chi connectivity index (χ0v) is 12.4. The molecule has 1 N–H and O–H groups in total. The summed E-state index contributed by atoms with van der Waals surface area (Å²) in [4.78, 5) is 4.64. The molecule has 4 heteroatoms. The van der Waals surface area contributed by atoms with Gasteiger partial charge in [-0.05, 0) is 38.8 Å². The average Bonchev–Trinajstić information content (AvgIpc) is 2.97. The summed E-state index contributed by atoms with van der Waals surface area (Å²) >= 11 is 0. The first-order valence-corrected chi connectivity index (χ1v) is 7.82. The molecule has 1 aromatic carbocycles. The Morgan fingerprint density at radius 2 is 2.10 bits per heavy atom. The van der Waals surface area contributed by atoms with Gasteiger partial charge in [-0.3, -0.25) is 0 Å². The highest BCUT2D eigenvalue weighted by molar-refractivity contribution is 5.38. The highest BCUT2D eigenvalue weighted by Crippen LogP contribution is 2.38. The molecule has 0 spiro atoms. The minimum Gasteiger partial charge on any atom is -0.491 e. The Morgan fingerprint density at radius 1 is 1.24 bits per heavy atom. The molecule has 0 radical (unpaired) electrons. The van der Waals surface area contributed by atoms with E-state index in [9.17, 15) is 0 Å². The van der Waals surface area contributed by atoms with E-state index in [4.69, 9.17) is 4.74 Å². The Labute approximate surface area is 125 Å². The number of imidazole rings is 1. The number of rotatable bonds is 2. The lowest BCUT2D eigenvalue weighted by atomic mass is 9.94. The van der Waals surface area contributed by atoms with Crippen LogP contribution in [0, 0.1) is 0 Å². The van der Waals surface area contributed by atoms with Gasteiger partial charge in [0.15, 0.2) is 0 Å². The largest absolute Gasteiger partial charge is 0.491 e. The fraction of sp³-hybridized carbons (Fsp3) is 0.471. The average molecular weight is 283 g/mol. The number of aromatic nitrogens is 2. The number of benzene rings is 1. The van der Waals surface area contributed by atoms with Crippen molar-refractivity contribution >= 4 is 0 Å². The Hall–Kier alpha value is -1.81. The van der Waals surface area contributed by atoms with Crippen LogP contribution >= 0.6 is 0 Å². The van der Waals surface area contributed by atoms with Gasteiger partial charge in [-0.25, -0.2) is 4.98 Å². The summed E-state index contributed by atoms with van der Waals surface area (Å²) in [5.41, 5.74) is 3.94. The number of hydrogen-bond donors (Lipinski definition) is 1. The second-order valence-corrected chi connectivity index (χ2v) is 5.93. The van der Waals surface area contributed by atoms with Gasteiger partial charge in [0.05, 0.1) is 24.1 Å². The molecule has 0 saturated heterocycles. The first-order chi connectivity index (χ1) is 10.4. The van der Waals surface area contributed by atoms with Crippen molar-refractivity contribution in [2.45, 2.75) is 37.8 Å². The van der Waals surface area contributed by atoms with Gasteiger partial charge in [-0.2, -0.15) is 0 Å². The number of ether oxygens (including phenoxy) is 1. The molecule has 1 aromatic heterocycles. The van der Waals surface area contributed by atoms with E-state index in [1.54, 1.807) is 0 Å². The van der Waals surface area contributed by atoms with Crippen LogP contribution in [0.25, 0.3) is 0 Å². The molecule has 21 heavy (non-hydrogen) atoms. The van der Waals surface area contributed by atoms with Gasteiger partial charge in [0, 0.05) is 11.3 Å². The molecule has 2 aromatic rings. The minimum atomic E-state index is 0.273. The molecule has 0 fully saturated rings. The number of nitrogens with one attached hydrogen (secondary N) is 1. The maximum absolute atomic E-state index is 5.99. The van der Waals surface area contributed by atoms with Gasteiger partial charge in [-0.1, -0.05) is 18.2 Å². The number of nitrogens with zero attached hydrogens (tertiary/aromatic N) is 2. The number of aryl methyl sites for hydroxylation is 1. The SMILES string of the molecule is CNC1c2ccccc2OCC1n1cnc2c1CCCC2. The Morgan fingerprint density at radius 3 is 3.00 bits per heavy atom. The summed E-state index contributed by atoms with van der Waals surface area (Å²) in [6.45, 7) is 0.700. The van der Waals surface area contributed by atoms with Crippen molar-refractivity contribution in [1.82, 2.24) is 14.9 Å². The predicted molar refractivity (Wildman–Crippen MR) is 81.6 cm³/mol. The molecule has 1 aliphatic heterocycles. The van der Waals surface area contributed by atoms with E-state index < -0.39 is 0 Å². The second-order valence-electron chi connectivity index (χ2n) is 5.93. The molecule has 110 valence electrons. The number of hydrogen-bond acceptors (Lipinski definition) is 3. The molecule has 2 heterocycles. The first-order valence-electron chi connectivity index (χ1n) is 7.82. The van der Waals surface area contributed by atoms with Crippen LogP contribution < -0.4 is 10.1 Å². The van der Waals surface area contributed by atoms with Crippen LogP contribution in [0.1, 0.15) is 41.9 Å². The lowest BCUT2D eigenvalue weighted by Crippen LogP contribution is -2.36. The van der Waals surface area contributed by atoms with Gasteiger partial charge >= 0.3 is 0 Å². The van der Waals surface area contributed by atoms with Crippen LogP contribution in [0.4, 0.5) is 0 Å². The van der Waals surface area contributed by atoms with Gasteiger partial charge in [0.25, 0.3) is 0 Å². The van der Waals surface area contributed by atoms with Crippen LogP contribution in [-0.2, 0) is 12.8 Å². The van der Waals surface area contributed by atoms with Crippen LogP contribution in [0.5, 0.6) is 5.75 Å². The van der Waals surface area contributed by atoms with Crippen LogP contribution in [0.2, 0.25) is 0 Å². The number of para-hydroxylation sites is 1. The third kappa shape index (κ3) is 2.05. The standard InChI is InChI=1S/C17H21N3O/c1-18-17-12-6-2-5-9-16(12)21-10-15(17)20-11-19-13-7-3-4-8-14(13)20/h2,5-6,9,11,15,17-18H,3-4,7-8,10H2,1H3. The lowest BCUT2D eigenvalue weighted by molar-refractivity contribution is 0.181. The smallest absolute Gasteiger partial charge is 0.124 e. The zero-order chi connectivity index (χ0) is 14.2. The van der Waals surface area contributed by atoms with Crippen molar-refractivity contribution < 1.29 is 4.74 Å². The lowest BCUT2D eigenvalue weighted by Gasteiger charge is -2.35. The molecule has 2 unspecified atom stereocenters. The monoisotopic (exact) mass is 283 g/mol. The van der Waals surface area contributed by atoms with E-state index >= 15 is 0 Å².